The van der Waals surface area contributed by atoms with Crippen molar-refractivity contribution in [3.63, 3.8) is 0 Å². The van der Waals surface area contributed by atoms with Crippen LogP contribution in [0, 0.1) is 0 Å². The highest BCUT2D eigenvalue weighted by atomic mass is 15.2. The Morgan fingerprint density at radius 2 is 2.05 bits per heavy atom. The van der Waals surface area contributed by atoms with Crippen molar-refractivity contribution in [1.29, 1.82) is 0 Å². The standard InChI is InChI=1S/C16H23N3/c1-19(2)16(8-5-9-16)12-17-10-13-11-18-15-7-4-3-6-14(13)15/h3-4,6-7,11,17-18H,5,8-10,12H2,1-2H3. The van der Waals surface area contributed by atoms with E-state index in [9.17, 15) is 0 Å². The summed E-state index contributed by atoms with van der Waals surface area (Å²) >= 11 is 0. The first-order valence-corrected chi connectivity index (χ1v) is 7.14. The molecule has 1 aromatic heterocycles. The number of benzene rings is 1. The second kappa shape index (κ2) is 4.99. The van der Waals surface area contributed by atoms with Crippen LogP contribution < -0.4 is 5.32 Å². The van der Waals surface area contributed by atoms with Gasteiger partial charge in [0, 0.05) is 35.7 Å². The zero-order valence-corrected chi connectivity index (χ0v) is 11.9. The average molecular weight is 257 g/mol. The maximum absolute atomic E-state index is 3.64. The van der Waals surface area contributed by atoms with Crippen molar-refractivity contribution in [2.45, 2.75) is 31.3 Å². The van der Waals surface area contributed by atoms with E-state index in [1.54, 1.807) is 0 Å². The molecule has 0 aliphatic heterocycles. The fourth-order valence-corrected chi connectivity index (χ4v) is 3.07. The SMILES string of the molecule is CN(C)C1(CNCc2c[nH]c3ccccc23)CCC1. The second-order valence-corrected chi connectivity index (χ2v) is 5.94. The van der Waals surface area contributed by atoms with E-state index in [0.29, 0.717) is 5.54 Å². The highest BCUT2D eigenvalue weighted by molar-refractivity contribution is 5.82. The highest BCUT2D eigenvalue weighted by Crippen LogP contribution is 2.35. The molecule has 0 bridgehead atoms. The van der Waals surface area contributed by atoms with Crippen molar-refractivity contribution in [3.8, 4) is 0 Å². The van der Waals surface area contributed by atoms with Crippen molar-refractivity contribution >= 4 is 10.9 Å². The molecule has 0 amide bonds. The Morgan fingerprint density at radius 3 is 2.74 bits per heavy atom. The summed E-state index contributed by atoms with van der Waals surface area (Å²) < 4.78 is 0. The first kappa shape index (κ1) is 12.7. The topological polar surface area (TPSA) is 31.1 Å². The van der Waals surface area contributed by atoms with E-state index in [2.05, 4.69) is 59.8 Å². The first-order chi connectivity index (χ1) is 9.21. The van der Waals surface area contributed by atoms with E-state index >= 15 is 0 Å². The molecule has 0 unspecified atom stereocenters. The lowest BCUT2D eigenvalue weighted by Gasteiger charge is -2.47. The normalized spacial score (nSPS) is 17.8. The number of nitrogens with one attached hydrogen (secondary N) is 2. The Balaban J connectivity index is 1.63. The molecule has 1 fully saturated rings. The molecule has 19 heavy (non-hydrogen) atoms. The number of fused-ring (bicyclic) bond motifs is 1. The van der Waals surface area contributed by atoms with E-state index in [1.807, 2.05) is 0 Å². The smallest absolute Gasteiger partial charge is 0.0457 e. The van der Waals surface area contributed by atoms with Crippen molar-refractivity contribution in [2.75, 3.05) is 20.6 Å². The molecule has 3 rings (SSSR count). The number of rotatable bonds is 5. The number of aromatic amines is 1. The number of likely N-dealkylation sites (N-methyl/N-ethyl adjacent to an activating group) is 1. The maximum Gasteiger partial charge on any atom is 0.0457 e. The Kier molecular flexibility index (Phi) is 3.33. The van der Waals surface area contributed by atoms with Crippen LogP contribution in [0.3, 0.4) is 0 Å². The summed E-state index contributed by atoms with van der Waals surface area (Å²) in [5.74, 6) is 0. The molecule has 0 saturated heterocycles. The van der Waals surface area contributed by atoms with Crippen LogP contribution in [0.4, 0.5) is 0 Å². The molecule has 2 N–H and O–H groups in total. The lowest BCUT2D eigenvalue weighted by atomic mass is 9.75. The van der Waals surface area contributed by atoms with Gasteiger partial charge < -0.3 is 15.2 Å². The Morgan fingerprint density at radius 1 is 1.26 bits per heavy atom. The third kappa shape index (κ3) is 2.28. The fourth-order valence-electron chi connectivity index (χ4n) is 3.07. The van der Waals surface area contributed by atoms with Gasteiger partial charge in [0.05, 0.1) is 0 Å². The zero-order chi connectivity index (χ0) is 13.3. The van der Waals surface area contributed by atoms with E-state index in [0.717, 1.165) is 13.1 Å². The predicted molar refractivity (Wildman–Crippen MR) is 80.3 cm³/mol. The van der Waals surface area contributed by atoms with Gasteiger partial charge in [0.15, 0.2) is 0 Å². The average Bonchev–Trinajstić information content (AvgIpc) is 2.75. The first-order valence-electron chi connectivity index (χ1n) is 7.14. The van der Waals surface area contributed by atoms with E-state index in [-0.39, 0.29) is 0 Å². The summed E-state index contributed by atoms with van der Waals surface area (Å²) in [6, 6.07) is 8.50. The molecule has 2 aromatic rings. The minimum atomic E-state index is 0.395. The maximum atomic E-state index is 3.64. The third-order valence-corrected chi connectivity index (χ3v) is 4.68. The van der Waals surface area contributed by atoms with Crippen molar-refractivity contribution < 1.29 is 0 Å². The van der Waals surface area contributed by atoms with Gasteiger partial charge in [-0.1, -0.05) is 18.2 Å². The summed E-state index contributed by atoms with van der Waals surface area (Å²) in [5, 5.41) is 4.98. The molecule has 1 aliphatic carbocycles. The van der Waals surface area contributed by atoms with Gasteiger partial charge >= 0.3 is 0 Å². The molecular formula is C16H23N3. The minimum Gasteiger partial charge on any atom is -0.361 e. The van der Waals surface area contributed by atoms with Gasteiger partial charge in [-0.2, -0.15) is 0 Å². The lowest BCUT2D eigenvalue weighted by molar-refractivity contribution is 0.0598. The van der Waals surface area contributed by atoms with E-state index in [1.165, 1.54) is 35.7 Å². The van der Waals surface area contributed by atoms with Gasteiger partial charge in [-0.05, 0) is 45.0 Å². The quantitative estimate of drug-likeness (QED) is 0.863. The zero-order valence-electron chi connectivity index (χ0n) is 11.9. The number of H-pyrrole nitrogens is 1. The number of nitrogens with zero attached hydrogens (tertiary/aromatic N) is 1. The number of hydrogen-bond donors (Lipinski definition) is 2. The Hall–Kier alpha value is -1.32. The molecule has 3 heteroatoms. The highest BCUT2D eigenvalue weighted by Gasteiger charge is 2.38. The summed E-state index contributed by atoms with van der Waals surface area (Å²) in [4.78, 5) is 5.72. The van der Waals surface area contributed by atoms with Crippen LogP contribution in [-0.4, -0.2) is 36.1 Å². The monoisotopic (exact) mass is 257 g/mol. The molecule has 1 saturated carbocycles. The summed E-state index contributed by atoms with van der Waals surface area (Å²) in [5.41, 5.74) is 2.99. The molecule has 0 radical (unpaired) electrons. The van der Waals surface area contributed by atoms with Gasteiger partial charge in [-0.3, -0.25) is 0 Å². The molecule has 1 aliphatic rings. The molecule has 0 spiro atoms. The van der Waals surface area contributed by atoms with Crippen LogP contribution in [0.2, 0.25) is 0 Å². The van der Waals surface area contributed by atoms with Crippen LogP contribution >= 0.6 is 0 Å². The summed E-state index contributed by atoms with van der Waals surface area (Å²) in [6.45, 7) is 2.03. The molecule has 102 valence electrons. The summed E-state index contributed by atoms with van der Waals surface area (Å²) in [7, 11) is 4.40. The number of para-hydroxylation sites is 1. The second-order valence-electron chi connectivity index (χ2n) is 5.94. The summed E-state index contributed by atoms with van der Waals surface area (Å²) in [6.07, 6.45) is 6.13. The fraction of sp³-hybridized carbons (Fsp3) is 0.500. The van der Waals surface area contributed by atoms with Crippen LogP contribution in [0.15, 0.2) is 30.5 Å². The van der Waals surface area contributed by atoms with Crippen molar-refractivity contribution in [3.05, 3.63) is 36.0 Å². The molecule has 3 nitrogen and oxygen atoms in total. The van der Waals surface area contributed by atoms with Gasteiger partial charge in [-0.15, -0.1) is 0 Å². The van der Waals surface area contributed by atoms with Gasteiger partial charge in [-0.25, -0.2) is 0 Å². The predicted octanol–water partition coefficient (Wildman–Crippen LogP) is 2.74. The molecule has 0 atom stereocenters. The third-order valence-electron chi connectivity index (χ3n) is 4.68. The Labute approximate surface area is 115 Å². The van der Waals surface area contributed by atoms with Crippen molar-refractivity contribution in [2.24, 2.45) is 0 Å². The van der Waals surface area contributed by atoms with Crippen LogP contribution in [0.5, 0.6) is 0 Å². The van der Waals surface area contributed by atoms with Crippen molar-refractivity contribution in [1.82, 2.24) is 15.2 Å². The van der Waals surface area contributed by atoms with Crippen LogP contribution in [0.25, 0.3) is 10.9 Å². The number of aromatic nitrogens is 1. The minimum absolute atomic E-state index is 0.395. The van der Waals surface area contributed by atoms with Gasteiger partial charge in [0.1, 0.15) is 0 Å². The molecule has 1 aromatic carbocycles. The molecule has 1 heterocycles. The van der Waals surface area contributed by atoms with Crippen LogP contribution in [0.1, 0.15) is 24.8 Å². The van der Waals surface area contributed by atoms with Crippen LogP contribution in [-0.2, 0) is 6.54 Å². The largest absolute Gasteiger partial charge is 0.361 e. The van der Waals surface area contributed by atoms with E-state index < -0.39 is 0 Å². The van der Waals surface area contributed by atoms with Gasteiger partial charge in [0.2, 0.25) is 0 Å². The number of hydrogen-bond acceptors (Lipinski definition) is 2. The molecular weight excluding hydrogens is 234 g/mol. The van der Waals surface area contributed by atoms with E-state index in [4.69, 9.17) is 0 Å². The Bertz CT molecular complexity index is 552. The lowest BCUT2D eigenvalue weighted by Crippen LogP contribution is -2.56. The van der Waals surface area contributed by atoms with Gasteiger partial charge in [0.25, 0.3) is 0 Å².